The van der Waals surface area contributed by atoms with Crippen molar-refractivity contribution >= 4 is 19.7 Å². The number of alkyl halides is 2. The van der Waals surface area contributed by atoms with Gasteiger partial charge in [0, 0.05) is 10.7 Å². The van der Waals surface area contributed by atoms with Crippen LogP contribution in [0.15, 0.2) is 17.0 Å². The standard InChI is InChI=1S/C10H8ClF2NO3S/c1-2-6-3-4-8(17-10(12)13)9(7(6)5-14)18(11,15)16/h3-4,10H,2H2,1H3. The average Bonchev–Trinajstić information content (AvgIpc) is 2.25. The fraction of sp³-hybridized carbons (Fsp3) is 0.300. The Hall–Kier alpha value is -1.39. The van der Waals surface area contributed by atoms with Gasteiger partial charge in [0.15, 0.2) is 0 Å². The lowest BCUT2D eigenvalue weighted by Gasteiger charge is -2.12. The molecule has 0 radical (unpaired) electrons. The molecule has 1 rings (SSSR count). The lowest BCUT2D eigenvalue weighted by Crippen LogP contribution is -2.08. The van der Waals surface area contributed by atoms with Gasteiger partial charge in [0.05, 0.1) is 5.56 Å². The molecule has 1 aromatic rings. The van der Waals surface area contributed by atoms with E-state index in [-0.39, 0.29) is 5.56 Å². The third kappa shape index (κ3) is 3.09. The Morgan fingerprint density at radius 1 is 1.50 bits per heavy atom. The second-order valence-electron chi connectivity index (χ2n) is 3.21. The van der Waals surface area contributed by atoms with E-state index in [1.165, 1.54) is 6.07 Å². The third-order valence-corrected chi connectivity index (χ3v) is 3.52. The number of aryl methyl sites for hydroxylation is 1. The van der Waals surface area contributed by atoms with E-state index in [9.17, 15) is 17.2 Å². The van der Waals surface area contributed by atoms with E-state index in [0.717, 1.165) is 6.07 Å². The monoisotopic (exact) mass is 295 g/mol. The smallest absolute Gasteiger partial charge is 0.387 e. The van der Waals surface area contributed by atoms with Crippen LogP contribution in [0.4, 0.5) is 8.78 Å². The predicted octanol–water partition coefficient (Wildman–Crippen LogP) is 2.65. The van der Waals surface area contributed by atoms with Gasteiger partial charge in [-0.1, -0.05) is 13.0 Å². The summed E-state index contributed by atoms with van der Waals surface area (Å²) in [6.07, 6.45) is 0.358. The minimum Gasteiger partial charge on any atom is -0.433 e. The van der Waals surface area contributed by atoms with Gasteiger partial charge < -0.3 is 4.74 Å². The lowest BCUT2D eigenvalue weighted by atomic mass is 10.1. The maximum absolute atomic E-state index is 12.2. The summed E-state index contributed by atoms with van der Waals surface area (Å²) in [6.45, 7) is -1.52. The molecule has 0 bridgehead atoms. The van der Waals surface area contributed by atoms with E-state index in [1.807, 2.05) is 0 Å². The van der Waals surface area contributed by atoms with Gasteiger partial charge >= 0.3 is 6.61 Å². The molecular formula is C10H8ClF2NO3S. The van der Waals surface area contributed by atoms with E-state index >= 15 is 0 Å². The predicted molar refractivity (Wildman–Crippen MR) is 60.2 cm³/mol. The summed E-state index contributed by atoms with van der Waals surface area (Å²) in [4.78, 5) is -0.716. The van der Waals surface area contributed by atoms with Crippen molar-refractivity contribution in [1.82, 2.24) is 0 Å². The molecule has 0 aliphatic carbocycles. The Morgan fingerprint density at radius 2 is 2.11 bits per heavy atom. The van der Waals surface area contributed by atoms with Gasteiger partial charge in [0.25, 0.3) is 9.05 Å². The van der Waals surface area contributed by atoms with Crippen molar-refractivity contribution in [3.8, 4) is 11.8 Å². The molecule has 0 aromatic heterocycles. The highest BCUT2D eigenvalue weighted by atomic mass is 35.7. The van der Waals surface area contributed by atoms with E-state index in [4.69, 9.17) is 15.9 Å². The second kappa shape index (κ2) is 5.50. The molecule has 1 aromatic carbocycles. The number of nitriles is 1. The first-order valence-electron chi connectivity index (χ1n) is 4.76. The van der Waals surface area contributed by atoms with Crippen molar-refractivity contribution in [2.45, 2.75) is 24.9 Å². The Kier molecular flexibility index (Phi) is 4.48. The highest BCUT2D eigenvalue weighted by Gasteiger charge is 2.25. The number of nitrogens with zero attached hydrogens (tertiary/aromatic N) is 1. The fourth-order valence-electron chi connectivity index (χ4n) is 1.45. The van der Waals surface area contributed by atoms with E-state index in [2.05, 4.69) is 4.74 Å². The van der Waals surface area contributed by atoms with Crippen molar-refractivity contribution in [2.24, 2.45) is 0 Å². The van der Waals surface area contributed by atoms with Gasteiger partial charge in [-0.25, -0.2) is 8.42 Å². The van der Waals surface area contributed by atoms with Crippen LogP contribution in [0.25, 0.3) is 0 Å². The van der Waals surface area contributed by atoms with Crippen LogP contribution in [-0.4, -0.2) is 15.0 Å². The Morgan fingerprint density at radius 3 is 2.50 bits per heavy atom. The molecule has 0 aliphatic rings. The topological polar surface area (TPSA) is 67.2 Å². The van der Waals surface area contributed by atoms with Crippen molar-refractivity contribution in [3.05, 3.63) is 23.3 Å². The van der Waals surface area contributed by atoms with Gasteiger partial charge in [0.1, 0.15) is 16.7 Å². The number of hydrogen-bond acceptors (Lipinski definition) is 4. The zero-order valence-electron chi connectivity index (χ0n) is 9.15. The molecule has 98 valence electrons. The largest absolute Gasteiger partial charge is 0.433 e. The summed E-state index contributed by atoms with van der Waals surface area (Å²) in [6, 6.07) is 4.05. The number of benzene rings is 1. The zero-order valence-corrected chi connectivity index (χ0v) is 10.7. The third-order valence-electron chi connectivity index (χ3n) is 2.16. The quantitative estimate of drug-likeness (QED) is 0.801. The maximum Gasteiger partial charge on any atom is 0.387 e. The normalized spacial score (nSPS) is 11.3. The van der Waals surface area contributed by atoms with E-state index < -0.39 is 26.3 Å². The van der Waals surface area contributed by atoms with Gasteiger partial charge in [-0.15, -0.1) is 0 Å². The van der Waals surface area contributed by atoms with Crippen molar-refractivity contribution in [3.63, 3.8) is 0 Å². The van der Waals surface area contributed by atoms with Gasteiger partial charge in [0.2, 0.25) is 0 Å². The first-order valence-corrected chi connectivity index (χ1v) is 7.07. The highest BCUT2D eigenvalue weighted by Crippen LogP contribution is 2.33. The molecule has 0 unspecified atom stereocenters. The van der Waals surface area contributed by atoms with E-state index in [1.54, 1.807) is 13.0 Å². The van der Waals surface area contributed by atoms with Crippen LogP contribution < -0.4 is 4.74 Å². The molecule has 0 spiro atoms. The van der Waals surface area contributed by atoms with Crippen LogP contribution in [0.3, 0.4) is 0 Å². The molecule has 0 fully saturated rings. The Bertz CT molecular complexity index is 596. The second-order valence-corrected chi connectivity index (χ2v) is 5.71. The van der Waals surface area contributed by atoms with Crippen LogP contribution in [0.5, 0.6) is 5.75 Å². The minimum absolute atomic E-state index is 0.273. The first kappa shape index (κ1) is 14.7. The summed E-state index contributed by atoms with van der Waals surface area (Å²) in [5, 5.41) is 8.94. The SMILES string of the molecule is CCc1ccc(OC(F)F)c(S(=O)(=O)Cl)c1C#N. The van der Waals surface area contributed by atoms with Gasteiger partial charge in [-0.2, -0.15) is 14.0 Å². The summed E-state index contributed by atoms with van der Waals surface area (Å²) in [5.41, 5.74) is 0.115. The lowest BCUT2D eigenvalue weighted by molar-refractivity contribution is -0.0517. The number of rotatable bonds is 4. The molecule has 0 saturated carbocycles. The van der Waals surface area contributed by atoms with Crippen LogP contribution in [0.1, 0.15) is 18.1 Å². The van der Waals surface area contributed by atoms with Crippen LogP contribution >= 0.6 is 10.7 Å². The van der Waals surface area contributed by atoms with Gasteiger partial charge in [-0.3, -0.25) is 0 Å². The number of halogens is 3. The molecule has 0 N–H and O–H groups in total. The molecule has 0 atom stereocenters. The summed E-state index contributed by atoms with van der Waals surface area (Å²) in [7, 11) is 0.793. The van der Waals surface area contributed by atoms with Crippen LogP contribution in [0, 0.1) is 11.3 Å². The summed E-state index contributed by atoms with van der Waals surface area (Å²) < 4.78 is 51.1. The first-order chi connectivity index (χ1) is 8.31. The molecule has 0 saturated heterocycles. The highest BCUT2D eigenvalue weighted by molar-refractivity contribution is 8.13. The van der Waals surface area contributed by atoms with Crippen LogP contribution in [-0.2, 0) is 15.5 Å². The average molecular weight is 296 g/mol. The van der Waals surface area contributed by atoms with Crippen molar-refractivity contribution in [1.29, 1.82) is 5.26 Å². The Balaban J connectivity index is 3.62. The minimum atomic E-state index is -4.36. The van der Waals surface area contributed by atoms with Crippen molar-refractivity contribution in [2.75, 3.05) is 0 Å². The summed E-state index contributed by atoms with van der Waals surface area (Å²) in [5.74, 6) is -0.631. The Labute approximate surface area is 107 Å². The fourth-order valence-corrected chi connectivity index (χ4v) is 2.69. The molecule has 0 amide bonds. The molecule has 8 heteroatoms. The molecule has 0 aliphatic heterocycles. The zero-order chi connectivity index (χ0) is 13.9. The number of hydrogen-bond donors (Lipinski definition) is 0. The molecule has 0 heterocycles. The molecule has 4 nitrogen and oxygen atoms in total. The van der Waals surface area contributed by atoms with Crippen molar-refractivity contribution < 1.29 is 21.9 Å². The van der Waals surface area contributed by atoms with E-state index in [0.29, 0.717) is 12.0 Å². The number of ether oxygens (including phenoxy) is 1. The molecular weight excluding hydrogens is 288 g/mol. The van der Waals surface area contributed by atoms with Gasteiger partial charge in [-0.05, 0) is 18.1 Å². The summed E-state index contributed by atoms with van der Waals surface area (Å²) >= 11 is 0. The van der Waals surface area contributed by atoms with Crippen LogP contribution in [0.2, 0.25) is 0 Å². The maximum atomic E-state index is 12.2. The molecule has 18 heavy (non-hydrogen) atoms.